The van der Waals surface area contributed by atoms with Gasteiger partial charge in [-0.05, 0) is 31.7 Å². The van der Waals surface area contributed by atoms with E-state index in [1.165, 1.54) is 24.0 Å². The van der Waals surface area contributed by atoms with Gasteiger partial charge in [-0.25, -0.2) is 17.8 Å². The van der Waals surface area contributed by atoms with Crippen molar-refractivity contribution in [1.29, 1.82) is 0 Å². The number of aryl methyl sites for hydroxylation is 1. The predicted molar refractivity (Wildman–Crippen MR) is 69.6 cm³/mol. The molecule has 1 aromatic heterocycles. The molecule has 0 bridgehead atoms. The van der Waals surface area contributed by atoms with Gasteiger partial charge in [0.2, 0.25) is 0 Å². The van der Waals surface area contributed by atoms with Gasteiger partial charge in [-0.2, -0.15) is 5.10 Å². The molecule has 96 valence electrons. The second-order valence-electron chi connectivity index (χ2n) is 3.69. The molecule has 0 aliphatic carbocycles. The first-order chi connectivity index (χ1) is 8.47. The molecule has 7 heteroatoms. The van der Waals surface area contributed by atoms with Crippen LogP contribution in [0.2, 0.25) is 5.02 Å². The lowest BCUT2D eigenvalue weighted by atomic mass is 10.2. The average molecular weight is 286 g/mol. The number of sulfonamides is 1. The van der Waals surface area contributed by atoms with Crippen LogP contribution in [-0.4, -0.2) is 25.2 Å². The maximum absolute atomic E-state index is 11.9. The number of rotatable bonds is 3. The number of aromatic nitrogens is 2. The van der Waals surface area contributed by atoms with Crippen molar-refractivity contribution in [3.63, 3.8) is 0 Å². The van der Waals surface area contributed by atoms with E-state index in [9.17, 15) is 8.42 Å². The van der Waals surface area contributed by atoms with Gasteiger partial charge in [-0.15, -0.1) is 0 Å². The van der Waals surface area contributed by atoms with Crippen LogP contribution >= 0.6 is 11.6 Å². The van der Waals surface area contributed by atoms with Gasteiger partial charge in [-0.3, -0.25) is 0 Å². The maximum atomic E-state index is 11.9. The molecule has 0 amide bonds. The fourth-order valence-electron chi connectivity index (χ4n) is 1.66. The van der Waals surface area contributed by atoms with Gasteiger partial charge >= 0.3 is 0 Å². The van der Waals surface area contributed by atoms with Crippen molar-refractivity contribution in [2.24, 2.45) is 0 Å². The minimum Gasteiger partial charge on any atom is -0.219 e. The van der Waals surface area contributed by atoms with E-state index in [1.54, 1.807) is 12.1 Å². The van der Waals surface area contributed by atoms with Gasteiger partial charge in [0.05, 0.1) is 16.9 Å². The lowest BCUT2D eigenvalue weighted by Crippen LogP contribution is -2.22. The van der Waals surface area contributed by atoms with Crippen LogP contribution in [0.25, 0.3) is 5.69 Å². The van der Waals surface area contributed by atoms with E-state index in [0.717, 1.165) is 5.56 Å². The van der Waals surface area contributed by atoms with Crippen LogP contribution in [0.5, 0.6) is 0 Å². The Morgan fingerprint density at radius 3 is 2.67 bits per heavy atom. The van der Waals surface area contributed by atoms with Gasteiger partial charge in [-0.1, -0.05) is 23.7 Å². The molecule has 1 N–H and O–H groups in total. The van der Waals surface area contributed by atoms with Gasteiger partial charge in [0, 0.05) is 0 Å². The third kappa shape index (κ3) is 2.14. The van der Waals surface area contributed by atoms with Crippen molar-refractivity contribution in [2.75, 3.05) is 7.05 Å². The summed E-state index contributed by atoms with van der Waals surface area (Å²) >= 11 is 6.11. The third-order valence-electron chi connectivity index (χ3n) is 2.55. The van der Waals surface area contributed by atoms with Gasteiger partial charge in [0.25, 0.3) is 10.0 Å². The number of nitrogens with zero attached hydrogens (tertiary/aromatic N) is 2. The van der Waals surface area contributed by atoms with E-state index < -0.39 is 10.0 Å². The zero-order valence-electron chi connectivity index (χ0n) is 9.88. The van der Waals surface area contributed by atoms with E-state index in [4.69, 9.17) is 11.6 Å². The minimum absolute atomic E-state index is 0.0567. The normalized spacial score (nSPS) is 11.7. The summed E-state index contributed by atoms with van der Waals surface area (Å²) in [4.78, 5) is 0. The van der Waals surface area contributed by atoms with Crippen molar-refractivity contribution >= 4 is 21.6 Å². The smallest absolute Gasteiger partial charge is 0.219 e. The fourth-order valence-corrected chi connectivity index (χ4v) is 2.78. The quantitative estimate of drug-likeness (QED) is 0.934. The highest BCUT2D eigenvalue weighted by Crippen LogP contribution is 2.25. The second kappa shape index (κ2) is 4.72. The molecule has 18 heavy (non-hydrogen) atoms. The highest BCUT2D eigenvalue weighted by Gasteiger charge is 2.20. The molecule has 0 aliphatic rings. The van der Waals surface area contributed by atoms with E-state index in [0.29, 0.717) is 10.7 Å². The van der Waals surface area contributed by atoms with E-state index >= 15 is 0 Å². The summed E-state index contributed by atoms with van der Waals surface area (Å²) in [6, 6.07) is 6.77. The van der Waals surface area contributed by atoms with Crippen LogP contribution in [0.4, 0.5) is 0 Å². The van der Waals surface area contributed by atoms with Crippen molar-refractivity contribution < 1.29 is 8.42 Å². The van der Waals surface area contributed by atoms with Gasteiger partial charge in [0.15, 0.2) is 5.03 Å². The lowest BCUT2D eigenvalue weighted by molar-refractivity contribution is 0.578. The molecule has 0 saturated heterocycles. The Labute approximate surface area is 110 Å². The van der Waals surface area contributed by atoms with Crippen molar-refractivity contribution in [3.05, 3.63) is 41.0 Å². The van der Waals surface area contributed by atoms with Crippen LogP contribution in [0.3, 0.4) is 0 Å². The molecule has 5 nitrogen and oxygen atoms in total. The zero-order valence-corrected chi connectivity index (χ0v) is 11.5. The molecule has 0 fully saturated rings. The summed E-state index contributed by atoms with van der Waals surface area (Å²) in [5.74, 6) is 0. The summed E-state index contributed by atoms with van der Waals surface area (Å²) < 4.78 is 27.3. The Kier molecular flexibility index (Phi) is 3.43. The first-order valence-electron chi connectivity index (χ1n) is 5.20. The van der Waals surface area contributed by atoms with Gasteiger partial charge in [0.1, 0.15) is 0 Å². The second-order valence-corrected chi connectivity index (χ2v) is 5.93. The third-order valence-corrected chi connectivity index (χ3v) is 4.25. The first-order valence-corrected chi connectivity index (χ1v) is 7.06. The molecule has 2 aromatic rings. The van der Waals surface area contributed by atoms with Crippen molar-refractivity contribution in [3.8, 4) is 5.69 Å². The molecular weight excluding hydrogens is 274 g/mol. The van der Waals surface area contributed by atoms with Crippen molar-refractivity contribution in [1.82, 2.24) is 14.5 Å². The van der Waals surface area contributed by atoms with Crippen LogP contribution in [0.1, 0.15) is 5.56 Å². The summed E-state index contributed by atoms with van der Waals surface area (Å²) in [5.41, 5.74) is 1.41. The monoisotopic (exact) mass is 285 g/mol. The minimum atomic E-state index is -3.58. The van der Waals surface area contributed by atoms with Gasteiger partial charge < -0.3 is 0 Å². The van der Waals surface area contributed by atoms with Crippen LogP contribution < -0.4 is 4.72 Å². The fraction of sp³-hybridized carbons (Fsp3) is 0.182. The molecule has 1 heterocycles. The SMILES string of the molecule is CNS(=O)(=O)c1ccnn1-c1c(C)cccc1Cl. The first kappa shape index (κ1) is 13.1. The highest BCUT2D eigenvalue weighted by molar-refractivity contribution is 7.89. The molecule has 0 radical (unpaired) electrons. The number of halogens is 1. The van der Waals surface area contributed by atoms with Crippen molar-refractivity contribution in [2.45, 2.75) is 11.9 Å². The van der Waals surface area contributed by atoms with Crippen LogP contribution in [0.15, 0.2) is 35.5 Å². The summed E-state index contributed by atoms with van der Waals surface area (Å²) in [7, 11) is -2.22. The number of nitrogens with one attached hydrogen (secondary N) is 1. The van der Waals surface area contributed by atoms with E-state index in [1.807, 2.05) is 13.0 Å². The van der Waals surface area contributed by atoms with Crippen LogP contribution in [-0.2, 0) is 10.0 Å². The predicted octanol–water partition coefficient (Wildman–Crippen LogP) is 1.74. The number of hydrogen-bond acceptors (Lipinski definition) is 3. The number of hydrogen-bond donors (Lipinski definition) is 1. The summed E-state index contributed by atoms with van der Waals surface area (Å²) in [6.07, 6.45) is 1.42. The Morgan fingerprint density at radius 2 is 2.06 bits per heavy atom. The molecule has 2 rings (SSSR count). The Hall–Kier alpha value is -1.37. The maximum Gasteiger partial charge on any atom is 0.257 e. The van der Waals surface area contributed by atoms with E-state index in [-0.39, 0.29) is 5.03 Å². The molecular formula is C11H12ClN3O2S. The lowest BCUT2D eigenvalue weighted by Gasteiger charge is -2.11. The molecule has 0 spiro atoms. The topological polar surface area (TPSA) is 64.0 Å². The van der Waals surface area contributed by atoms with Crippen LogP contribution in [0, 0.1) is 6.92 Å². The molecule has 0 atom stereocenters. The molecule has 0 unspecified atom stereocenters. The summed E-state index contributed by atoms with van der Waals surface area (Å²) in [6.45, 7) is 1.85. The largest absolute Gasteiger partial charge is 0.257 e. The molecule has 0 saturated carbocycles. The Bertz CT molecular complexity index is 659. The standard InChI is InChI=1S/C11H12ClN3O2S/c1-8-4-3-5-9(12)11(8)15-10(6-7-14-15)18(16,17)13-2/h3-7,13H,1-2H3. The molecule has 0 aliphatic heterocycles. The number of para-hydroxylation sites is 1. The zero-order chi connectivity index (χ0) is 13.3. The number of benzene rings is 1. The van der Waals surface area contributed by atoms with E-state index in [2.05, 4.69) is 9.82 Å². The Balaban J connectivity index is 2.71. The molecule has 1 aromatic carbocycles. The summed E-state index contributed by atoms with van der Waals surface area (Å²) in [5, 5.41) is 4.54. The average Bonchev–Trinajstić information content (AvgIpc) is 2.78. The Morgan fingerprint density at radius 1 is 1.33 bits per heavy atom. The highest BCUT2D eigenvalue weighted by atomic mass is 35.5.